The van der Waals surface area contributed by atoms with Gasteiger partial charge in [-0.25, -0.2) is 4.68 Å². The highest BCUT2D eigenvalue weighted by atomic mass is 16.2. The second kappa shape index (κ2) is 7.90. The topological polar surface area (TPSA) is 94.7 Å². The number of aromatic nitrogens is 5. The lowest BCUT2D eigenvalue weighted by molar-refractivity contribution is 0.102. The van der Waals surface area contributed by atoms with Crippen LogP contribution in [0.3, 0.4) is 0 Å². The summed E-state index contributed by atoms with van der Waals surface area (Å²) in [5.41, 5.74) is 1.45. The van der Waals surface area contributed by atoms with Crippen LogP contribution in [0.1, 0.15) is 37.3 Å². The van der Waals surface area contributed by atoms with Crippen molar-refractivity contribution >= 4 is 22.4 Å². The molecule has 8 heteroatoms. The lowest BCUT2D eigenvalue weighted by atomic mass is 10.1. The first-order valence-corrected chi connectivity index (χ1v) is 9.80. The van der Waals surface area contributed by atoms with Crippen molar-refractivity contribution < 1.29 is 4.79 Å². The molecule has 0 radical (unpaired) electrons. The van der Waals surface area contributed by atoms with Crippen LogP contribution in [0.5, 0.6) is 0 Å². The van der Waals surface area contributed by atoms with Crippen LogP contribution in [0, 0.1) is 0 Å². The van der Waals surface area contributed by atoms with Crippen molar-refractivity contribution in [2.24, 2.45) is 0 Å². The van der Waals surface area contributed by atoms with Crippen molar-refractivity contribution in [2.45, 2.75) is 33.4 Å². The highest BCUT2D eigenvalue weighted by Crippen LogP contribution is 2.22. The summed E-state index contributed by atoms with van der Waals surface area (Å²) >= 11 is 0. The fourth-order valence-corrected chi connectivity index (χ4v) is 3.36. The maximum Gasteiger partial charge on any atom is 0.276 e. The molecule has 8 nitrogen and oxygen atoms in total. The van der Waals surface area contributed by atoms with Gasteiger partial charge in [0.05, 0.1) is 11.4 Å². The standard InChI is InChI=1S/C22H22N6O2/c1-4-27-13-23-25-20(27)15-8-7-9-16(12-15)24-21(29)19-17-10-5-6-11-18(17)22(30)28(26-19)14(2)3/h5-14H,4H2,1-3H3,(H,24,29). The van der Waals surface area contributed by atoms with Crippen molar-refractivity contribution in [3.8, 4) is 11.4 Å². The largest absolute Gasteiger partial charge is 0.321 e. The molecule has 4 aromatic rings. The quantitative estimate of drug-likeness (QED) is 0.551. The predicted molar refractivity (Wildman–Crippen MR) is 115 cm³/mol. The molecule has 0 aliphatic heterocycles. The van der Waals surface area contributed by atoms with E-state index >= 15 is 0 Å². The molecule has 152 valence electrons. The zero-order valence-corrected chi connectivity index (χ0v) is 17.0. The van der Waals surface area contributed by atoms with E-state index in [1.807, 2.05) is 43.5 Å². The summed E-state index contributed by atoms with van der Waals surface area (Å²) in [6, 6.07) is 14.3. The molecule has 2 aromatic heterocycles. The van der Waals surface area contributed by atoms with Crippen LogP contribution in [-0.4, -0.2) is 30.5 Å². The van der Waals surface area contributed by atoms with Gasteiger partial charge < -0.3 is 9.88 Å². The van der Waals surface area contributed by atoms with E-state index in [0.717, 1.165) is 17.9 Å². The fraction of sp³-hybridized carbons (Fsp3) is 0.227. The molecule has 0 atom stereocenters. The Morgan fingerprint density at radius 2 is 1.87 bits per heavy atom. The number of carbonyl (C=O) groups excluding carboxylic acids is 1. The van der Waals surface area contributed by atoms with E-state index in [4.69, 9.17) is 0 Å². The van der Waals surface area contributed by atoms with Gasteiger partial charge >= 0.3 is 0 Å². The third kappa shape index (κ3) is 3.47. The van der Waals surface area contributed by atoms with Gasteiger partial charge in [0.2, 0.25) is 0 Å². The molecule has 0 bridgehead atoms. The van der Waals surface area contributed by atoms with E-state index in [1.54, 1.807) is 36.7 Å². The van der Waals surface area contributed by atoms with E-state index in [1.165, 1.54) is 4.68 Å². The molecule has 0 spiro atoms. The van der Waals surface area contributed by atoms with Crippen molar-refractivity contribution in [1.82, 2.24) is 24.5 Å². The normalized spacial score (nSPS) is 11.2. The second-order valence-electron chi connectivity index (χ2n) is 7.21. The molecule has 1 N–H and O–H groups in total. The van der Waals surface area contributed by atoms with E-state index in [9.17, 15) is 9.59 Å². The van der Waals surface area contributed by atoms with Crippen LogP contribution in [0.2, 0.25) is 0 Å². The Morgan fingerprint density at radius 1 is 1.10 bits per heavy atom. The number of carbonyl (C=O) groups is 1. The van der Waals surface area contributed by atoms with E-state index in [2.05, 4.69) is 20.6 Å². The minimum Gasteiger partial charge on any atom is -0.321 e. The Morgan fingerprint density at radius 3 is 2.60 bits per heavy atom. The molecular weight excluding hydrogens is 380 g/mol. The number of rotatable bonds is 5. The van der Waals surface area contributed by atoms with E-state index in [-0.39, 0.29) is 23.2 Å². The molecule has 2 aromatic carbocycles. The van der Waals surface area contributed by atoms with Crippen LogP contribution >= 0.6 is 0 Å². The third-order valence-electron chi connectivity index (χ3n) is 4.87. The van der Waals surface area contributed by atoms with Crippen molar-refractivity contribution in [3.05, 3.63) is 70.9 Å². The van der Waals surface area contributed by atoms with Crippen LogP contribution in [-0.2, 0) is 6.54 Å². The third-order valence-corrected chi connectivity index (χ3v) is 4.87. The number of hydrogen-bond donors (Lipinski definition) is 1. The van der Waals surface area contributed by atoms with Gasteiger partial charge in [-0.3, -0.25) is 9.59 Å². The Hall–Kier alpha value is -3.81. The lowest BCUT2D eigenvalue weighted by Gasteiger charge is -2.14. The summed E-state index contributed by atoms with van der Waals surface area (Å²) in [6.07, 6.45) is 1.67. The zero-order chi connectivity index (χ0) is 21.3. The highest BCUT2D eigenvalue weighted by Gasteiger charge is 2.18. The lowest BCUT2D eigenvalue weighted by Crippen LogP contribution is -2.28. The summed E-state index contributed by atoms with van der Waals surface area (Å²) < 4.78 is 3.27. The molecular formula is C22H22N6O2. The van der Waals surface area contributed by atoms with Gasteiger partial charge in [-0.2, -0.15) is 5.10 Å². The first-order valence-electron chi connectivity index (χ1n) is 9.80. The molecule has 2 heterocycles. The summed E-state index contributed by atoms with van der Waals surface area (Å²) in [4.78, 5) is 25.8. The van der Waals surface area contributed by atoms with Crippen molar-refractivity contribution in [3.63, 3.8) is 0 Å². The number of anilines is 1. The SMILES string of the molecule is CCn1cnnc1-c1cccc(NC(=O)c2nn(C(C)C)c(=O)c3ccccc23)c1. The van der Waals surface area contributed by atoms with Gasteiger partial charge in [0.1, 0.15) is 6.33 Å². The Bertz CT molecular complexity index is 1290. The molecule has 4 rings (SSSR count). The predicted octanol–water partition coefficient (Wildman–Crippen LogP) is 3.51. The Balaban J connectivity index is 1.73. The number of amides is 1. The molecule has 0 unspecified atom stereocenters. The van der Waals surface area contributed by atoms with E-state index in [0.29, 0.717) is 16.5 Å². The Kier molecular flexibility index (Phi) is 5.14. The van der Waals surface area contributed by atoms with Gasteiger partial charge in [-0.1, -0.05) is 30.3 Å². The van der Waals surface area contributed by atoms with Crippen LogP contribution in [0.4, 0.5) is 5.69 Å². The summed E-state index contributed by atoms with van der Waals surface area (Å²) in [5, 5.41) is 16.4. The number of hydrogen-bond acceptors (Lipinski definition) is 5. The molecule has 0 fully saturated rings. The average molecular weight is 402 g/mol. The van der Waals surface area contributed by atoms with Crippen molar-refractivity contribution in [2.75, 3.05) is 5.32 Å². The molecule has 30 heavy (non-hydrogen) atoms. The summed E-state index contributed by atoms with van der Waals surface area (Å²) in [5.74, 6) is 0.347. The molecule has 0 saturated heterocycles. The molecule has 1 amide bonds. The molecule has 0 aliphatic rings. The fourth-order valence-electron chi connectivity index (χ4n) is 3.36. The number of benzene rings is 2. The zero-order valence-electron chi connectivity index (χ0n) is 17.0. The smallest absolute Gasteiger partial charge is 0.276 e. The molecule has 0 saturated carbocycles. The van der Waals surface area contributed by atoms with Crippen LogP contribution in [0.25, 0.3) is 22.2 Å². The summed E-state index contributed by atoms with van der Waals surface area (Å²) in [7, 11) is 0. The minimum absolute atomic E-state index is 0.169. The minimum atomic E-state index is -0.380. The Labute approximate surface area is 173 Å². The maximum atomic E-state index is 13.1. The van der Waals surface area contributed by atoms with Gasteiger partial charge in [0.25, 0.3) is 11.5 Å². The van der Waals surface area contributed by atoms with Crippen molar-refractivity contribution in [1.29, 1.82) is 0 Å². The number of aryl methyl sites for hydroxylation is 1. The van der Waals surface area contributed by atoms with Gasteiger partial charge in [0, 0.05) is 23.2 Å². The monoisotopic (exact) mass is 402 g/mol. The van der Waals surface area contributed by atoms with E-state index < -0.39 is 0 Å². The van der Waals surface area contributed by atoms with Crippen LogP contribution in [0.15, 0.2) is 59.7 Å². The van der Waals surface area contributed by atoms with Gasteiger partial charge in [-0.15, -0.1) is 10.2 Å². The number of nitrogens with one attached hydrogen (secondary N) is 1. The first-order chi connectivity index (χ1) is 14.5. The maximum absolute atomic E-state index is 13.1. The molecule has 0 aliphatic carbocycles. The first kappa shape index (κ1) is 19.5. The van der Waals surface area contributed by atoms with Gasteiger partial charge in [-0.05, 0) is 39.0 Å². The number of fused-ring (bicyclic) bond motifs is 1. The van der Waals surface area contributed by atoms with Crippen LogP contribution < -0.4 is 10.9 Å². The average Bonchev–Trinajstić information content (AvgIpc) is 3.23. The number of nitrogens with zero attached hydrogens (tertiary/aromatic N) is 5. The van der Waals surface area contributed by atoms with Gasteiger partial charge in [0.15, 0.2) is 11.5 Å². The summed E-state index contributed by atoms with van der Waals surface area (Å²) in [6.45, 7) is 6.47. The highest BCUT2D eigenvalue weighted by molar-refractivity contribution is 6.11. The second-order valence-corrected chi connectivity index (χ2v) is 7.21.